The normalized spacial score (nSPS) is 9.23. The van der Waals surface area contributed by atoms with Gasteiger partial charge in [-0.2, -0.15) is 0 Å². The van der Waals surface area contributed by atoms with Gasteiger partial charge in [0.2, 0.25) is 0 Å². The van der Waals surface area contributed by atoms with Gasteiger partial charge in [0.15, 0.2) is 5.78 Å². The maximum atomic E-state index is 11.3. The molecule has 0 saturated carbocycles. The molecule has 1 aromatic heterocycles. The van der Waals surface area contributed by atoms with Gasteiger partial charge in [0.25, 0.3) is 0 Å². The van der Waals surface area contributed by atoms with Gasteiger partial charge in [-0.1, -0.05) is 0 Å². The Kier molecular flexibility index (Phi) is 3.66. The Bertz CT molecular complexity index is 337. The molecule has 0 fully saturated rings. The molecule has 0 spiro atoms. The first-order valence-corrected chi connectivity index (χ1v) is 4.61. The third kappa shape index (κ3) is 3.00. The number of aromatic nitrogens is 1. The van der Waals surface area contributed by atoms with Gasteiger partial charge in [-0.3, -0.25) is 9.78 Å². The van der Waals surface area contributed by atoms with Gasteiger partial charge < -0.3 is 0 Å². The summed E-state index contributed by atoms with van der Waals surface area (Å²) in [5, 5.41) is 0. The minimum absolute atomic E-state index is 0.00884. The van der Waals surface area contributed by atoms with Crippen molar-refractivity contribution in [2.45, 2.75) is 12.8 Å². The van der Waals surface area contributed by atoms with E-state index in [0.29, 0.717) is 18.5 Å². The van der Waals surface area contributed by atoms with Crippen LogP contribution >= 0.6 is 15.9 Å². The van der Waals surface area contributed by atoms with Gasteiger partial charge in [-0.05, 0) is 28.1 Å². The maximum Gasteiger partial charge on any atom is 0.182 e. The van der Waals surface area contributed by atoms with E-state index in [2.05, 4.69) is 26.8 Å². The predicted octanol–water partition coefficient (Wildman–Crippen LogP) is 2.44. The lowest BCUT2D eigenvalue weighted by Crippen LogP contribution is -2.00. The highest BCUT2D eigenvalue weighted by Gasteiger charge is 2.05. The molecule has 1 heterocycles. The van der Waals surface area contributed by atoms with E-state index in [4.69, 9.17) is 6.42 Å². The van der Waals surface area contributed by atoms with Gasteiger partial charge in [-0.25, -0.2) is 0 Å². The molecule has 0 amide bonds. The molecule has 0 unspecified atom stereocenters. The highest BCUT2D eigenvalue weighted by Crippen LogP contribution is 2.09. The molecule has 1 rings (SSSR count). The molecule has 0 atom stereocenters. The Hall–Kier alpha value is -1.14. The van der Waals surface area contributed by atoms with Crippen molar-refractivity contribution in [3.63, 3.8) is 0 Å². The average molecular weight is 238 g/mol. The van der Waals surface area contributed by atoms with Crippen LogP contribution in [-0.4, -0.2) is 10.8 Å². The van der Waals surface area contributed by atoms with Crippen molar-refractivity contribution < 1.29 is 4.79 Å². The van der Waals surface area contributed by atoms with E-state index in [9.17, 15) is 4.79 Å². The molecular formula is C10H8BrNO. The molecule has 0 aliphatic rings. The zero-order valence-electron chi connectivity index (χ0n) is 6.96. The number of hydrogen-bond donors (Lipinski definition) is 0. The highest BCUT2D eigenvalue weighted by molar-refractivity contribution is 9.10. The summed E-state index contributed by atoms with van der Waals surface area (Å²) >= 11 is 3.24. The second kappa shape index (κ2) is 4.78. The van der Waals surface area contributed by atoms with Crippen molar-refractivity contribution in [2.24, 2.45) is 0 Å². The number of carbonyl (C=O) groups excluding carboxylic acids is 1. The van der Waals surface area contributed by atoms with Crippen molar-refractivity contribution in [3.05, 3.63) is 28.5 Å². The molecule has 0 aliphatic carbocycles. The van der Waals surface area contributed by atoms with Gasteiger partial charge in [0.1, 0.15) is 5.69 Å². The molecule has 0 N–H and O–H groups in total. The Morgan fingerprint density at radius 1 is 1.62 bits per heavy atom. The zero-order valence-corrected chi connectivity index (χ0v) is 8.54. The van der Waals surface area contributed by atoms with Crippen LogP contribution in [0.15, 0.2) is 22.8 Å². The lowest BCUT2D eigenvalue weighted by atomic mass is 10.1. The SMILES string of the molecule is C#CCCC(=O)c1ccc(Br)cn1. The van der Waals surface area contributed by atoms with Crippen LogP contribution in [0.2, 0.25) is 0 Å². The summed E-state index contributed by atoms with van der Waals surface area (Å²) in [5.41, 5.74) is 0.471. The minimum Gasteiger partial charge on any atom is -0.292 e. The van der Waals surface area contributed by atoms with Crippen LogP contribution in [0, 0.1) is 12.3 Å². The van der Waals surface area contributed by atoms with Crippen LogP contribution in [0.1, 0.15) is 23.3 Å². The number of Topliss-reactive ketones (excluding diaryl/α,β-unsaturated/α-hetero) is 1. The summed E-state index contributed by atoms with van der Waals surface area (Å²) in [6.45, 7) is 0. The van der Waals surface area contributed by atoms with Crippen molar-refractivity contribution in [1.29, 1.82) is 0 Å². The summed E-state index contributed by atoms with van der Waals surface area (Å²) in [5.74, 6) is 2.41. The van der Waals surface area contributed by atoms with E-state index in [-0.39, 0.29) is 5.78 Å². The molecule has 13 heavy (non-hydrogen) atoms. The summed E-state index contributed by atoms with van der Waals surface area (Å²) in [6.07, 6.45) is 7.48. The van der Waals surface area contributed by atoms with Gasteiger partial charge in [0.05, 0.1) is 0 Å². The number of carbonyl (C=O) groups is 1. The van der Waals surface area contributed by atoms with E-state index in [1.54, 1.807) is 18.3 Å². The number of terminal acetylenes is 1. The van der Waals surface area contributed by atoms with Crippen LogP contribution in [0.3, 0.4) is 0 Å². The minimum atomic E-state index is -0.00884. The molecule has 66 valence electrons. The van der Waals surface area contributed by atoms with Crippen LogP contribution in [0.25, 0.3) is 0 Å². The van der Waals surface area contributed by atoms with E-state index in [1.165, 1.54) is 0 Å². The number of hydrogen-bond acceptors (Lipinski definition) is 2. The molecule has 2 nitrogen and oxygen atoms in total. The van der Waals surface area contributed by atoms with E-state index >= 15 is 0 Å². The summed E-state index contributed by atoms with van der Waals surface area (Å²) < 4.78 is 0.862. The fourth-order valence-corrected chi connectivity index (χ4v) is 1.09. The molecule has 0 saturated heterocycles. The molecule has 0 aliphatic heterocycles. The fraction of sp³-hybridized carbons (Fsp3) is 0.200. The molecule has 3 heteroatoms. The smallest absolute Gasteiger partial charge is 0.182 e. The zero-order chi connectivity index (χ0) is 9.68. The van der Waals surface area contributed by atoms with Crippen LogP contribution in [-0.2, 0) is 0 Å². The van der Waals surface area contributed by atoms with E-state index in [1.807, 2.05) is 0 Å². The van der Waals surface area contributed by atoms with Crippen LogP contribution < -0.4 is 0 Å². The van der Waals surface area contributed by atoms with E-state index < -0.39 is 0 Å². The molecule has 0 radical (unpaired) electrons. The summed E-state index contributed by atoms with van der Waals surface area (Å²) in [4.78, 5) is 15.3. The quantitative estimate of drug-likeness (QED) is 0.598. The first-order chi connectivity index (χ1) is 6.24. The number of ketones is 1. The Balaban J connectivity index is 2.68. The van der Waals surface area contributed by atoms with Crippen molar-refractivity contribution in [3.8, 4) is 12.3 Å². The first-order valence-electron chi connectivity index (χ1n) is 3.82. The molecular weight excluding hydrogens is 230 g/mol. The van der Waals surface area contributed by atoms with Crippen molar-refractivity contribution in [2.75, 3.05) is 0 Å². The van der Waals surface area contributed by atoms with Crippen molar-refractivity contribution in [1.82, 2.24) is 4.98 Å². The molecule has 1 aromatic rings. The third-order valence-electron chi connectivity index (χ3n) is 1.51. The largest absolute Gasteiger partial charge is 0.292 e. The predicted molar refractivity (Wildman–Crippen MR) is 54.3 cm³/mol. The molecule has 0 aromatic carbocycles. The van der Waals surface area contributed by atoms with Crippen LogP contribution in [0.5, 0.6) is 0 Å². The molecule has 0 bridgehead atoms. The average Bonchev–Trinajstić information content (AvgIpc) is 2.15. The van der Waals surface area contributed by atoms with Gasteiger partial charge >= 0.3 is 0 Å². The lowest BCUT2D eigenvalue weighted by molar-refractivity contribution is 0.0979. The van der Waals surface area contributed by atoms with E-state index in [0.717, 1.165) is 4.47 Å². The monoisotopic (exact) mass is 237 g/mol. The Morgan fingerprint density at radius 2 is 2.38 bits per heavy atom. The second-order valence-electron chi connectivity index (χ2n) is 2.49. The standard InChI is InChI=1S/C10H8BrNO/c1-2-3-4-10(13)9-6-5-8(11)7-12-9/h1,5-7H,3-4H2. The summed E-state index contributed by atoms with van der Waals surface area (Å²) in [7, 11) is 0. The third-order valence-corrected chi connectivity index (χ3v) is 1.98. The maximum absolute atomic E-state index is 11.3. The number of nitrogens with zero attached hydrogens (tertiary/aromatic N) is 1. The van der Waals surface area contributed by atoms with Gasteiger partial charge in [-0.15, -0.1) is 12.3 Å². The highest BCUT2D eigenvalue weighted by atomic mass is 79.9. The fourth-order valence-electron chi connectivity index (χ4n) is 0.855. The topological polar surface area (TPSA) is 30.0 Å². The van der Waals surface area contributed by atoms with Gasteiger partial charge in [0, 0.05) is 23.5 Å². The Morgan fingerprint density at radius 3 is 2.92 bits per heavy atom. The lowest BCUT2D eigenvalue weighted by Gasteiger charge is -1.96. The second-order valence-corrected chi connectivity index (χ2v) is 3.40. The number of halogens is 1. The number of rotatable bonds is 3. The summed E-state index contributed by atoms with van der Waals surface area (Å²) in [6, 6.07) is 3.47. The Labute approximate surface area is 85.5 Å². The van der Waals surface area contributed by atoms with Crippen molar-refractivity contribution >= 4 is 21.7 Å². The van der Waals surface area contributed by atoms with Crippen LogP contribution in [0.4, 0.5) is 0 Å². The first kappa shape index (κ1) is 9.94. The number of pyridine rings is 1.